The molecule has 0 saturated carbocycles. The Balaban J connectivity index is 1.65. The molecule has 0 aliphatic carbocycles. The van der Waals surface area contributed by atoms with Crippen molar-refractivity contribution in [2.45, 2.75) is 53.3 Å². The number of para-hydroxylation sites is 1. The van der Waals surface area contributed by atoms with E-state index in [0.717, 1.165) is 0 Å². The Labute approximate surface area is 279 Å². The fourth-order valence-electron chi connectivity index (χ4n) is 4.63. The van der Waals surface area contributed by atoms with Gasteiger partial charge in [0.15, 0.2) is 5.78 Å². The number of carbonyl (C=O) groups is 5. The quantitative estimate of drug-likeness (QED) is 0.306. The van der Waals surface area contributed by atoms with E-state index >= 15 is 0 Å². The highest BCUT2D eigenvalue weighted by Gasteiger charge is 2.38. The van der Waals surface area contributed by atoms with Gasteiger partial charge in [-0.1, -0.05) is 30.3 Å². The van der Waals surface area contributed by atoms with Crippen molar-refractivity contribution < 1.29 is 33.4 Å². The zero-order valence-corrected chi connectivity index (χ0v) is 28.1. The maximum atomic E-state index is 14.2. The molecule has 4 amide bonds. The normalized spacial score (nSPS) is 14.6. The van der Waals surface area contributed by atoms with E-state index in [1.165, 1.54) is 16.7 Å². The number of hydrogen-bond donors (Lipinski definition) is 2. The Bertz CT molecular complexity index is 1730. The molecule has 4 rings (SSSR count). The van der Waals surface area contributed by atoms with Gasteiger partial charge >= 0.3 is 18.1 Å². The van der Waals surface area contributed by atoms with Crippen molar-refractivity contribution in [2.75, 3.05) is 35.3 Å². The summed E-state index contributed by atoms with van der Waals surface area (Å²) >= 11 is 0. The molecule has 0 saturated heterocycles. The Morgan fingerprint density at radius 1 is 0.958 bits per heavy atom. The molecule has 13 heteroatoms. The Morgan fingerprint density at radius 3 is 2.33 bits per heavy atom. The van der Waals surface area contributed by atoms with Crippen molar-refractivity contribution in [2.24, 2.45) is 10.4 Å². The molecular formula is C35H40N6O7. The van der Waals surface area contributed by atoms with E-state index in [0.29, 0.717) is 34.0 Å². The van der Waals surface area contributed by atoms with Gasteiger partial charge in [0, 0.05) is 37.1 Å². The number of aromatic nitrogens is 1. The molecule has 3 aromatic rings. The number of benzodiazepines with no additional fused rings is 1. The van der Waals surface area contributed by atoms with Crippen LogP contribution in [0.2, 0.25) is 0 Å². The second-order valence-electron chi connectivity index (χ2n) is 12.8. The van der Waals surface area contributed by atoms with Crippen LogP contribution >= 0.6 is 0 Å². The first-order valence-corrected chi connectivity index (χ1v) is 15.3. The lowest BCUT2D eigenvalue weighted by Gasteiger charge is -2.29. The zero-order chi connectivity index (χ0) is 35.2. The lowest BCUT2D eigenvalue weighted by atomic mass is 9.88. The third-order valence-corrected chi connectivity index (χ3v) is 7.23. The van der Waals surface area contributed by atoms with Crippen molar-refractivity contribution in [3.05, 3.63) is 84.2 Å². The van der Waals surface area contributed by atoms with Gasteiger partial charge in [-0.2, -0.15) is 0 Å². The summed E-state index contributed by atoms with van der Waals surface area (Å²) in [5.74, 6) is -1.57. The Hall–Kier alpha value is -5.59. The number of esters is 1. The van der Waals surface area contributed by atoms with Crippen molar-refractivity contribution in [1.82, 2.24) is 10.3 Å². The van der Waals surface area contributed by atoms with Crippen LogP contribution in [0.15, 0.2) is 77.9 Å². The molecule has 0 spiro atoms. The molecule has 2 heterocycles. The first-order chi connectivity index (χ1) is 22.6. The van der Waals surface area contributed by atoms with Gasteiger partial charge in [0.25, 0.3) is 5.91 Å². The van der Waals surface area contributed by atoms with E-state index in [9.17, 15) is 24.0 Å². The van der Waals surface area contributed by atoms with Crippen LogP contribution in [0.1, 0.15) is 52.8 Å². The van der Waals surface area contributed by atoms with Gasteiger partial charge < -0.3 is 25.0 Å². The molecule has 13 nitrogen and oxygen atoms in total. The van der Waals surface area contributed by atoms with Crippen molar-refractivity contribution >= 4 is 52.6 Å². The first kappa shape index (κ1) is 35.3. The van der Waals surface area contributed by atoms with E-state index in [2.05, 4.69) is 20.6 Å². The minimum Gasteiger partial charge on any atom is -0.465 e. The number of benzene rings is 2. The molecule has 252 valence electrons. The average Bonchev–Trinajstić information content (AvgIpc) is 3.14. The van der Waals surface area contributed by atoms with Gasteiger partial charge in [-0.3, -0.25) is 24.3 Å². The van der Waals surface area contributed by atoms with E-state index < -0.39 is 41.2 Å². The molecule has 0 fully saturated rings. The number of ether oxygens (including phenoxy) is 2. The molecule has 1 aliphatic rings. The number of carbonyl (C=O) groups excluding carboxylic acids is 5. The monoisotopic (exact) mass is 656 g/mol. The second-order valence-corrected chi connectivity index (χ2v) is 12.8. The standard InChI is InChI=1S/C35H40N6O7/c1-22(42)47-21-35(5,6)28(43)20-41-27-17-9-8-15-25(27)29(26-16-10-11-18-36-26)38-30(31(41)44)39-32(45)37-23-13-12-14-24(19-23)40(7)33(46)48-34(2,3)4/h8-19,30H,20-21H2,1-7H3,(H2,37,39,45)/t30-/m0/s1. The van der Waals surface area contributed by atoms with Crippen LogP contribution in [0.3, 0.4) is 0 Å². The third-order valence-electron chi connectivity index (χ3n) is 7.23. The predicted molar refractivity (Wildman–Crippen MR) is 181 cm³/mol. The number of pyridine rings is 1. The van der Waals surface area contributed by atoms with Gasteiger partial charge in [-0.05, 0) is 71.0 Å². The van der Waals surface area contributed by atoms with Crippen LogP contribution in [-0.2, 0) is 23.9 Å². The van der Waals surface area contributed by atoms with Crippen molar-refractivity contribution in [1.29, 1.82) is 0 Å². The van der Waals surface area contributed by atoms with Gasteiger partial charge in [-0.25, -0.2) is 14.6 Å². The number of nitrogens with zero attached hydrogens (tertiary/aromatic N) is 4. The fraction of sp³-hybridized carbons (Fsp3) is 0.343. The molecule has 0 bridgehead atoms. The van der Waals surface area contributed by atoms with Crippen LogP contribution in [0.25, 0.3) is 0 Å². The van der Waals surface area contributed by atoms with Gasteiger partial charge in [-0.15, -0.1) is 0 Å². The molecular weight excluding hydrogens is 616 g/mol. The molecule has 1 atom stereocenters. The number of hydrogen-bond acceptors (Lipinski definition) is 9. The molecule has 1 aromatic heterocycles. The number of urea groups is 1. The summed E-state index contributed by atoms with van der Waals surface area (Å²) in [5, 5.41) is 5.33. The number of fused-ring (bicyclic) bond motifs is 1. The fourth-order valence-corrected chi connectivity index (χ4v) is 4.63. The van der Waals surface area contributed by atoms with Crippen molar-refractivity contribution in [3.8, 4) is 0 Å². The number of amides is 4. The smallest absolute Gasteiger partial charge is 0.414 e. The van der Waals surface area contributed by atoms with Crippen LogP contribution < -0.4 is 20.4 Å². The molecule has 48 heavy (non-hydrogen) atoms. The topological polar surface area (TPSA) is 160 Å². The summed E-state index contributed by atoms with van der Waals surface area (Å²) in [7, 11) is 1.55. The zero-order valence-electron chi connectivity index (χ0n) is 28.1. The summed E-state index contributed by atoms with van der Waals surface area (Å²) < 4.78 is 10.5. The summed E-state index contributed by atoms with van der Waals surface area (Å²) in [5.41, 5.74) is 0.680. The maximum Gasteiger partial charge on any atom is 0.414 e. The third kappa shape index (κ3) is 8.81. The largest absolute Gasteiger partial charge is 0.465 e. The van der Waals surface area contributed by atoms with Crippen molar-refractivity contribution in [3.63, 3.8) is 0 Å². The number of ketones is 1. The highest BCUT2D eigenvalue weighted by Crippen LogP contribution is 2.29. The molecule has 1 aliphatic heterocycles. The summed E-state index contributed by atoms with van der Waals surface area (Å²) in [6, 6.07) is 18.0. The van der Waals surface area contributed by atoms with Crippen LogP contribution in [0, 0.1) is 5.41 Å². The van der Waals surface area contributed by atoms with Crippen LogP contribution in [0.4, 0.5) is 26.7 Å². The lowest BCUT2D eigenvalue weighted by Crippen LogP contribution is -2.51. The SMILES string of the molecule is CC(=O)OCC(C)(C)C(=O)CN1C(=O)[C@H](NC(=O)Nc2cccc(N(C)C(=O)OC(C)(C)C)c2)N=C(c2ccccn2)c2ccccc21. The van der Waals surface area contributed by atoms with Gasteiger partial charge in [0.2, 0.25) is 6.17 Å². The first-order valence-electron chi connectivity index (χ1n) is 15.3. The summed E-state index contributed by atoms with van der Waals surface area (Å²) in [6.45, 7) is 9.23. The highest BCUT2D eigenvalue weighted by atomic mass is 16.6. The number of Topliss-reactive ketones (excluding diaryl/α,β-unsaturated/α-hetero) is 1. The van der Waals surface area contributed by atoms with Crippen LogP contribution in [-0.4, -0.2) is 72.4 Å². The average molecular weight is 657 g/mol. The van der Waals surface area contributed by atoms with E-state index in [1.807, 2.05) is 0 Å². The van der Waals surface area contributed by atoms with E-state index in [-0.39, 0.29) is 18.9 Å². The predicted octanol–water partition coefficient (Wildman–Crippen LogP) is 4.94. The second kappa shape index (κ2) is 14.4. The Morgan fingerprint density at radius 2 is 1.67 bits per heavy atom. The minimum atomic E-state index is -1.47. The van der Waals surface area contributed by atoms with Gasteiger partial charge in [0.05, 0.1) is 29.1 Å². The molecule has 0 radical (unpaired) electrons. The lowest BCUT2D eigenvalue weighted by molar-refractivity contribution is -0.146. The summed E-state index contributed by atoms with van der Waals surface area (Å²) in [6.07, 6.45) is -0.455. The molecule has 2 aromatic carbocycles. The number of anilines is 3. The van der Waals surface area contributed by atoms with E-state index in [1.54, 1.807) is 115 Å². The highest BCUT2D eigenvalue weighted by molar-refractivity contribution is 6.20. The molecule has 2 N–H and O–H groups in total. The number of aliphatic imine (C=N–C) groups is 1. The van der Waals surface area contributed by atoms with E-state index in [4.69, 9.17) is 9.47 Å². The number of rotatable bonds is 9. The Kier molecular flexibility index (Phi) is 10.6. The molecule has 0 unspecified atom stereocenters. The number of nitrogens with one attached hydrogen (secondary N) is 2. The minimum absolute atomic E-state index is 0.174. The van der Waals surface area contributed by atoms with Crippen LogP contribution in [0.5, 0.6) is 0 Å². The van der Waals surface area contributed by atoms with Gasteiger partial charge in [0.1, 0.15) is 12.2 Å². The maximum absolute atomic E-state index is 14.2. The summed E-state index contributed by atoms with van der Waals surface area (Å²) in [4.78, 5) is 76.9.